The topological polar surface area (TPSA) is 154 Å². The second kappa shape index (κ2) is 13.5. The highest BCUT2D eigenvalue weighted by Crippen LogP contribution is 2.00. The summed E-state index contributed by atoms with van der Waals surface area (Å²) < 4.78 is 5.06. The number of carbonyl (C=O) groups is 3. The summed E-state index contributed by atoms with van der Waals surface area (Å²) in [7, 11) is 0. The number of nitrogens with one attached hydrogen (secondary N) is 2. The van der Waals surface area contributed by atoms with E-state index in [0.717, 1.165) is 5.56 Å². The van der Waals surface area contributed by atoms with Gasteiger partial charge in [0, 0.05) is 0 Å². The predicted octanol–water partition coefficient (Wildman–Crippen LogP) is 0.299. The van der Waals surface area contributed by atoms with Crippen LogP contribution in [0.1, 0.15) is 19.4 Å². The first kappa shape index (κ1) is 23.4. The van der Waals surface area contributed by atoms with Crippen molar-refractivity contribution < 1.29 is 28.8 Å². The Balaban J connectivity index is 2.16. The molecule has 0 aromatic heterocycles. The van der Waals surface area contributed by atoms with Crippen LogP contribution < -0.4 is 16.4 Å². The average molecular weight is 407 g/mol. The molecule has 0 saturated heterocycles. The second-order valence-corrected chi connectivity index (χ2v) is 5.86. The molecule has 1 rings (SSSR count). The van der Waals surface area contributed by atoms with Crippen LogP contribution in [-0.2, 0) is 30.6 Å². The lowest BCUT2D eigenvalue weighted by Gasteiger charge is -2.07. The quantitative estimate of drug-likeness (QED) is 0.334. The second-order valence-electron chi connectivity index (χ2n) is 5.86. The van der Waals surface area contributed by atoms with Gasteiger partial charge in [-0.1, -0.05) is 40.6 Å². The fraction of sp³-hybridized carbons (Fsp3) is 0.389. The molecule has 0 spiro atoms. The Bertz CT molecular complexity index is 736. The molecule has 0 atom stereocenters. The molecule has 0 heterocycles. The van der Waals surface area contributed by atoms with Gasteiger partial charge < -0.3 is 30.8 Å². The van der Waals surface area contributed by atoms with Crippen molar-refractivity contribution in [3.05, 3.63) is 35.9 Å². The molecule has 1 aromatic carbocycles. The summed E-state index contributed by atoms with van der Waals surface area (Å²) in [5.74, 6) is -1.08. The number of oxime groups is 2. The number of hydrogen-bond acceptors (Lipinski definition) is 8. The summed E-state index contributed by atoms with van der Waals surface area (Å²) in [6.07, 6.45) is -0.588. The first-order valence-electron chi connectivity index (χ1n) is 8.67. The molecule has 0 aliphatic rings. The molecule has 11 heteroatoms. The van der Waals surface area contributed by atoms with Gasteiger partial charge in [-0.15, -0.1) is 0 Å². The van der Waals surface area contributed by atoms with Gasteiger partial charge in [0.15, 0.2) is 13.2 Å². The molecule has 0 saturated carbocycles. The number of ether oxygens (including phenoxy) is 1. The highest BCUT2D eigenvalue weighted by molar-refractivity contribution is 5.88. The van der Waals surface area contributed by atoms with Gasteiger partial charge >= 0.3 is 6.09 Å². The van der Waals surface area contributed by atoms with Gasteiger partial charge in [0.25, 0.3) is 11.8 Å². The van der Waals surface area contributed by atoms with Crippen LogP contribution in [0.4, 0.5) is 4.79 Å². The van der Waals surface area contributed by atoms with E-state index < -0.39 is 17.9 Å². The van der Waals surface area contributed by atoms with E-state index in [2.05, 4.69) is 25.8 Å². The third kappa shape index (κ3) is 12.4. The van der Waals surface area contributed by atoms with Crippen molar-refractivity contribution in [2.75, 3.05) is 26.3 Å². The highest BCUT2D eigenvalue weighted by atomic mass is 16.6. The number of nitrogens with two attached hydrogens (primary N) is 1. The van der Waals surface area contributed by atoms with E-state index >= 15 is 0 Å². The smallest absolute Gasteiger partial charge is 0.407 e. The Morgan fingerprint density at radius 2 is 1.52 bits per heavy atom. The van der Waals surface area contributed by atoms with Crippen LogP contribution in [0.5, 0.6) is 0 Å². The zero-order valence-corrected chi connectivity index (χ0v) is 16.3. The maximum atomic E-state index is 11.6. The molecule has 29 heavy (non-hydrogen) atoms. The van der Waals surface area contributed by atoms with E-state index in [4.69, 9.17) is 15.3 Å². The summed E-state index contributed by atoms with van der Waals surface area (Å²) in [4.78, 5) is 43.3. The molecular weight excluding hydrogens is 382 g/mol. The molecule has 0 aliphatic carbocycles. The Morgan fingerprint density at radius 3 is 2.14 bits per heavy atom. The van der Waals surface area contributed by atoms with Crippen molar-refractivity contribution in [2.45, 2.75) is 20.5 Å². The number of amides is 3. The Kier molecular flexibility index (Phi) is 10.9. The molecule has 0 unspecified atom stereocenters. The van der Waals surface area contributed by atoms with Crippen LogP contribution in [0.2, 0.25) is 0 Å². The van der Waals surface area contributed by atoms with E-state index in [9.17, 15) is 14.4 Å². The monoisotopic (exact) mass is 407 g/mol. The summed E-state index contributed by atoms with van der Waals surface area (Å²) in [6.45, 7) is 2.96. The van der Waals surface area contributed by atoms with Crippen LogP contribution in [0.25, 0.3) is 0 Å². The zero-order valence-electron chi connectivity index (χ0n) is 16.3. The Morgan fingerprint density at radius 1 is 0.931 bits per heavy atom. The van der Waals surface area contributed by atoms with Gasteiger partial charge in [-0.3, -0.25) is 9.59 Å². The standard InChI is InChI=1S/C18H25N5O6/c1-13(22-28-11-16(19)24)8-20-17(25)12-29-23-14(2)9-21-18(26)27-10-15-6-4-3-5-7-15/h3-7H,8-12H2,1-2H3,(H2,19,24)(H,20,25)(H,21,26)/b22-13+,23-14+. The minimum atomic E-state index is -0.647. The number of rotatable bonds is 12. The van der Waals surface area contributed by atoms with E-state index in [0.29, 0.717) is 11.4 Å². The summed E-state index contributed by atoms with van der Waals surface area (Å²) >= 11 is 0. The molecule has 158 valence electrons. The van der Waals surface area contributed by atoms with E-state index in [-0.39, 0.29) is 32.9 Å². The van der Waals surface area contributed by atoms with E-state index in [1.807, 2.05) is 30.3 Å². The summed E-state index contributed by atoms with van der Waals surface area (Å²) in [5.41, 5.74) is 6.67. The minimum Gasteiger partial charge on any atom is -0.445 e. The molecule has 3 amide bonds. The first-order chi connectivity index (χ1) is 13.9. The number of primary amides is 1. The fourth-order valence-corrected chi connectivity index (χ4v) is 1.72. The lowest BCUT2D eigenvalue weighted by molar-refractivity contribution is -0.125. The van der Waals surface area contributed by atoms with E-state index in [1.54, 1.807) is 13.8 Å². The maximum Gasteiger partial charge on any atom is 0.407 e. The summed E-state index contributed by atoms with van der Waals surface area (Å²) in [6, 6.07) is 9.28. The van der Waals surface area contributed by atoms with Crippen molar-refractivity contribution in [1.82, 2.24) is 10.6 Å². The van der Waals surface area contributed by atoms with Gasteiger partial charge in [-0.2, -0.15) is 0 Å². The minimum absolute atomic E-state index is 0.109. The fourth-order valence-electron chi connectivity index (χ4n) is 1.72. The third-order valence-electron chi connectivity index (χ3n) is 3.09. The van der Waals surface area contributed by atoms with Gasteiger partial charge in [0.1, 0.15) is 6.61 Å². The van der Waals surface area contributed by atoms with Crippen molar-refractivity contribution in [3.63, 3.8) is 0 Å². The largest absolute Gasteiger partial charge is 0.445 e. The molecular formula is C18H25N5O6. The van der Waals surface area contributed by atoms with E-state index in [1.165, 1.54) is 0 Å². The number of nitrogens with zero attached hydrogens (tertiary/aromatic N) is 2. The predicted molar refractivity (Wildman–Crippen MR) is 105 cm³/mol. The lowest BCUT2D eigenvalue weighted by Crippen LogP contribution is -2.32. The lowest BCUT2D eigenvalue weighted by atomic mass is 10.2. The van der Waals surface area contributed by atoms with Crippen LogP contribution in [0, 0.1) is 0 Å². The molecule has 11 nitrogen and oxygen atoms in total. The van der Waals surface area contributed by atoms with Crippen molar-refractivity contribution in [2.24, 2.45) is 16.0 Å². The molecule has 0 radical (unpaired) electrons. The van der Waals surface area contributed by atoms with Crippen molar-refractivity contribution in [1.29, 1.82) is 0 Å². The number of benzene rings is 1. The third-order valence-corrected chi connectivity index (χ3v) is 3.09. The van der Waals surface area contributed by atoms with Crippen molar-refractivity contribution in [3.8, 4) is 0 Å². The van der Waals surface area contributed by atoms with Gasteiger partial charge in [0.2, 0.25) is 0 Å². The molecule has 0 aliphatic heterocycles. The maximum absolute atomic E-state index is 11.6. The van der Waals surface area contributed by atoms with Gasteiger partial charge in [0.05, 0.1) is 24.5 Å². The number of carbonyl (C=O) groups excluding carboxylic acids is 3. The van der Waals surface area contributed by atoms with Crippen molar-refractivity contribution >= 4 is 29.3 Å². The number of alkyl carbamates (subject to hydrolysis) is 1. The van der Waals surface area contributed by atoms with Gasteiger partial charge in [-0.25, -0.2) is 4.79 Å². The number of hydrogen-bond donors (Lipinski definition) is 3. The highest BCUT2D eigenvalue weighted by Gasteiger charge is 2.05. The Hall–Kier alpha value is -3.63. The normalized spacial score (nSPS) is 11.4. The first-order valence-corrected chi connectivity index (χ1v) is 8.67. The van der Waals surface area contributed by atoms with Gasteiger partial charge in [-0.05, 0) is 19.4 Å². The van der Waals surface area contributed by atoms with Crippen LogP contribution >= 0.6 is 0 Å². The van der Waals surface area contributed by atoms with Crippen LogP contribution in [0.15, 0.2) is 40.6 Å². The zero-order chi connectivity index (χ0) is 21.5. The molecule has 0 bridgehead atoms. The van der Waals surface area contributed by atoms with Crippen LogP contribution in [0.3, 0.4) is 0 Å². The van der Waals surface area contributed by atoms with Crippen LogP contribution in [-0.4, -0.2) is 55.6 Å². The molecule has 0 fully saturated rings. The molecule has 4 N–H and O–H groups in total. The summed E-state index contributed by atoms with van der Waals surface area (Å²) in [5, 5.41) is 12.4. The average Bonchev–Trinajstić information content (AvgIpc) is 2.69. The molecule has 1 aromatic rings. The SMILES string of the molecule is C/C(CNC(=O)CO/N=C(\C)CNC(=O)OCc1ccccc1)=N\OCC(N)=O. The Labute approximate surface area is 168 Å².